The van der Waals surface area contributed by atoms with E-state index in [2.05, 4.69) is 0 Å². The molecule has 1 aliphatic heterocycles. The Morgan fingerprint density at radius 2 is 1.44 bits per heavy atom. The van der Waals surface area contributed by atoms with Gasteiger partial charge in [-0.2, -0.15) is 0 Å². The van der Waals surface area contributed by atoms with E-state index in [4.69, 9.17) is 14.2 Å². The molecule has 3 aromatic rings. The molecule has 0 fully saturated rings. The first kappa shape index (κ1) is 23.2. The molecule has 34 heavy (non-hydrogen) atoms. The fourth-order valence-electron chi connectivity index (χ4n) is 4.08. The highest BCUT2D eigenvalue weighted by Gasteiger charge is 2.36. The van der Waals surface area contributed by atoms with E-state index in [-0.39, 0.29) is 18.4 Å². The number of aromatic nitrogens is 1. The van der Waals surface area contributed by atoms with Crippen LogP contribution in [0, 0.1) is 0 Å². The molecule has 0 aliphatic carbocycles. The number of hydrogen-bond donors (Lipinski definition) is 1. The molecule has 1 amide bonds. The predicted molar refractivity (Wildman–Crippen MR) is 126 cm³/mol. The molecule has 0 saturated heterocycles. The van der Waals surface area contributed by atoms with Crippen LogP contribution in [0.1, 0.15) is 27.7 Å². The Hall–Kier alpha value is -3.98. The molecule has 1 aliphatic rings. The Labute approximate surface area is 197 Å². The number of hydrogen-bond acceptors (Lipinski definition) is 7. The molecule has 2 aromatic carbocycles. The van der Waals surface area contributed by atoms with Crippen molar-refractivity contribution in [1.82, 2.24) is 9.58 Å². The van der Waals surface area contributed by atoms with Gasteiger partial charge >= 0.3 is 0 Å². The summed E-state index contributed by atoms with van der Waals surface area (Å²) in [6, 6.07) is 16.2. The van der Waals surface area contributed by atoms with Gasteiger partial charge in [0.2, 0.25) is 5.43 Å². The third-order valence-corrected chi connectivity index (χ3v) is 5.86. The molecule has 178 valence electrons. The summed E-state index contributed by atoms with van der Waals surface area (Å²) in [5.74, 6) is 0.415. The molecule has 9 heteroatoms. The second-order valence-electron chi connectivity index (χ2n) is 7.81. The molecule has 4 rings (SSSR count). The van der Waals surface area contributed by atoms with Gasteiger partial charge in [-0.25, -0.2) is 0 Å². The molecule has 2 heterocycles. The lowest BCUT2D eigenvalue weighted by Crippen LogP contribution is -2.56. The van der Waals surface area contributed by atoms with Crippen LogP contribution in [0.4, 0.5) is 0 Å². The van der Waals surface area contributed by atoms with Gasteiger partial charge in [0, 0.05) is 25.9 Å². The maximum absolute atomic E-state index is 13.2. The third kappa shape index (κ3) is 4.29. The summed E-state index contributed by atoms with van der Waals surface area (Å²) in [5, 5.41) is 12.5. The summed E-state index contributed by atoms with van der Waals surface area (Å²) >= 11 is 0. The lowest BCUT2D eigenvalue weighted by Gasteiger charge is -2.44. The molecule has 0 radical (unpaired) electrons. The van der Waals surface area contributed by atoms with Gasteiger partial charge in [-0.1, -0.05) is 24.3 Å². The highest BCUT2D eigenvalue weighted by molar-refractivity contribution is 5.96. The molecule has 1 N–H and O–H groups in total. The van der Waals surface area contributed by atoms with Crippen molar-refractivity contribution in [3.8, 4) is 17.2 Å². The summed E-state index contributed by atoms with van der Waals surface area (Å²) in [6.07, 6.45) is 1.52. The van der Waals surface area contributed by atoms with Crippen LogP contribution >= 0.6 is 0 Å². The smallest absolute Gasteiger partial charge is 0.277 e. The molecule has 0 atom stereocenters. The largest absolute Gasteiger partial charge is 0.502 e. The van der Waals surface area contributed by atoms with E-state index in [0.717, 1.165) is 22.6 Å². The Morgan fingerprint density at radius 1 is 0.882 bits per heavy atom. The summed E-state index contributed by atoms with van der Waals surface area (Å²) in [5.41, 5.74) is 1.16. The molecule has 1 aromatic heterocycles. The zero-order valence-electron chi connectivity index (χ0n) is 19.3. The Morgan fingerprint density at radius 3 is 1.94 bits per heavy atom. The van der Waals surface area contributed by atoms with Crippen molar-refractivity contribution < 1.29 is 24.1 Å². The van der Waals surface area contributed by atoms with Crippen LogP contribution < -0.4 is 19.9 Å². The van der Waals surface area contributed by atoms with E-state index in [1.165, 1.54) is 12.3 Å². The van der Waals surface area contributed by atoms with E-state index < -0.39 is 17.1 Å². The zero-order valence-corrected chi connectivity index (χ0v) is 19.3. The number of carbonyl (C=O) groups excluding carboxylic acids is 1. The van der Waals surface area contributed by atoms with Gasteiger partial charge in [0.05, 0.1) is 26.9 Å². The van der Waals surface area contributed by atoms with Gasteiger partial charge in [-0.3, -0.25) is 19.3 Å². The average Bonchev–Trinajstić information content (AvgIpc) is 2.87. The van der Waals surface area contributed by atoms with Crippen molar-refractivity contribution in [2.75, 3.05) is 46.2 Å². The Kier molecular flexibility index (Phi) is 6.74. The standard InChI is InChI=1S/C25H27N3O6/c1-32-15-14-26-16-28(27-13-12-21(29)24(30)23(27)25(26)31)22(17-4-8-19(33-2)9-5-17)18-6-10-20(34-3)11-7-18/h4-13,22,30H,14-16H2,1-3H3. The number of methoxy groups -OCH3 is 3. The first-order chi connectivity index (χ1) is 16.5. The van der Waals surface area contributed by atoms with Crippen LogP contribution in [0.15, 0.2) is 65.6 Å². The number of rotatable bonds is 8. The minimum absolute atomic E-state index is 0.0816. The number of amides is 1. The van der Waals surface area contributed by atoms with E-state index >= 15 is 0 Å². The maximum Gasteiger partial charge on any atom is 0.277 e. The van der Waals surface area contributed by atoms with E-state index in [9.17, 15) is 14.7 Å². The topological polar surface area (TPSA) is 93.5 Å². The third-order valence-electron chi connectivity index (χ3n) is 5.86. The van der Waals surface area contributed by atoms with Gasteiger partial charge in [0.25, 0.3) is 5.91 Å². The van der Waals surface area contributed by atoms with Crippen LogP contribution in [0.5, 0.6) is 17.2 Å². The number of benzene rings is 2. The fourth-order valence-corrected chi connectivity index (χ4v) is 4.08. The van der Waals surface area contributed by atoms with Crippen molar-refractivity contribution in [1.29, 1.82) is 0 Å². The summed E-state index contributed by atoms with van der Waals surface area (Å²) < 4.78 is 17.4. The number of carbonyl (C=O) groups is 1. The summed E-state index contributed by atoms with van der Waals surface area (Å²) in [7, 11) is 4.77. The first-order valence-corrected chi connectivity index (χ1v) is 10.8. The Bertz CT molecular complexity index is 1160. The van der Waals surface area contributed by atoms with Crippen molar-refractivity contribution in [3.05, 3.63) is 87.8 Å². The van der Waals surface area contributed by atoms with Gasteiger partial charge in [0.15, 0.2) is 11.4 Å². The minimum atomic E-state index is -0.612. The van der Waals surface area contributed by atoms with Crippen molar-refractivity contribution in [2.45, 2.75) is 6.04 Å². The van der Waals surface area contributed by atoms with E-state index in [0.29, 0.717) is 13.2 Å². The molecular weight excluding hydrogens is 438 g/mol. The van der Waals surface area contributed by atoms with Gasteiger partial charge in [0.1, 0.15) is 18.2 Å². The number of pyridine rings is 1. The number of nitrogens with zero attached hydrogens (tertiary/aromatic N) is 3. The quantitative estimate of drug-likeness (QED) is 0.546. The number of fused-ring (bicyclic) bond motifs is 1. The highest BCUT2D eigenvalue weighted by Crippen LogP contribution is 2.33. The predicted octanol–water partition coefficient (Wildman–Crippen LogP) is 2.36. The van der Waals surface area contributed by atoms with Crippen LogP contribution in [-0.2, 0) is 4.74 Å². The molecule has 0 bridgehead atoms. The number of ether oxygens (including phenoxy) is 3. The molecular formula is C25H27N3O6. The minimum Gasteiger partial charge on any atom is -0.502 e. The highest BCUT2D eigenvalue weighted by atomic mass is 16.5. The zero-order chi connectivity index (χ0) is 24.2. The van der Waals surface area contributed by atoms with Crippen LogP contribution in [0.25, 0.3) is 0 Å². The molecule has 0 saturated carbocycles. The number of aromatic hydroxyl groups is 1. The van der Waals surface area contributed by atoms with Crippen LogP contribution in [0.2, 0.25) is 0 Å². The second-order valence-corrected chi connectivity index (χ2v) is 7.81. The van der Waals surface area contributed by atoms with Gasteiger partial charge in [-0.15, -0.1) is 0 Å². The maximum atomic E-state index is 13.2. The monoisotopic (exact) mass is 465 g/mol. The summed E-state index contributed by atoms with van der Waals surface area (Å²) in [6.45, 7) is 0.819. The summed E-state index contributed by atoms with van der Waals surface area (Å²) in [4.78, 5) is 27.0. The fraction of sp³-hybridized carbons (Fsp3) is 0.280. The molecule has 9 nitrogen and oxygen atoms in total. The second kappa shape index (κ2) is 9.88. The lowest BCUT2D eigenvalue weighted by molar-refractivity contribution is 0.0614. The van der Waals surface area contributed by atoms with Gasteiger partial charge < -0.3 is 24.2 Å². The Balaban J connectivity index is 1.89. The van der Waals surface area contributed by atoms with Crippen molar-refractivity contribution in [3.63, 3.8) is 0 Å². The van der Waals surface area contributed by atoms with Crippen LogP contribution in [-0.4, -0.2) is 61.7 Å². The lowest BCUT2D eigenvalue weighted by atomic mass is 9.97. The van der Waals surface area contributed by atoms with Crippen LogP contribution in [0.3, 0.4) is 0 Å². The normalized spacial score (nSPS) is 13.2. The van der Waals surface area contributed by atoms with Gasteiger partial charge in [-0.05, 0) is 35.4 Å². The molecule has 0 spiro atoms. The van der Waals surface area contributed by atoms with Crippen molar-refractivity contribution >= 4 is 5.91 Å². The van der Waals surface area contributed by atoms with Crippen molar-refractivity contribution in [2.24, 2.45) is 0 Å². The van der Waals surface area contributed by atoms with E-state index in [1.807, 2.05) is 53.5 Å². The first-order valence-electron chi connectivity index (χ1n) is 10.8. The molecule has 0 unspecified atom stereocenters. The SMILES string of the molecule is COCCN1CN(C(c2ccc(OC)cc2)c2ccc(OC)cc2)n2ccc(=O)c(O)c2C1=O. The van der Waals surface area contributed by atoms with E-state index in [1.54, 1.807) is 30.9 Å². The average molecular weight is 466 g/mol.